The first-order valence-corrected chi connectivity index (χ1v) is 9.37. The minimum absolute atomic E-state index is 0.0795. The van der Waals surface area contributed by atoms with E-state index in [9.17, 15) is 14.4 Å². The van der Waals surface area contributed by atoms with Crippen molar-refractivity contribution in [3.05, 3.63) is 64.5 Å². The predicted molar refractivity (Wildman–Crippen MR) is 104 cm³/mol. The summed E-state index contributed by atoms with van der Waals surface area (Å²) in [5.74, 6) is 0.686. The van der Waals surface area contributed by atoms with Gasteiger partial charge in [0.2, 0.25) is 11.7 Å². The standard InChI is InChI=1S/C17H12Cl2N6O4/c18-9-3-6(25-17(28)21-15(27)13(20)24-25)4-10(19)12(9)29-16-8-2-5-1-7(5)11(8)14(26)22-23-16/h3-5,7H,1-2H2,(H2,20,24)(H,22,26)(H,21,27,28). The summed E-state index contributed by atoms with van der Waals surface area (Å²) in [6.07, 6.45) is 1.72. The molecule has 0 aliphatic heterocycles. The summed E-state index contributed by atoms with van der Waals surface area (Å²) in [6, 6.07) is 2.77. The van der Waals surface area contributed by atoms with Crippen molar-refractivity contribution >= 4 is 29.0 Å². The molecule has 2 aliphatic carbocycles. The Morgan fingerprint density at radius 1 is 1.17 bits per heavy atom. The van der Waals surface area contributed by atoms with Gasteiger partial charge in [-0.25, -0.2) is 9.89 Å². The van der Waals surface area contributed by atoms with E-state index in [1.54, 1.807) is 0 Å². The maximum atomic E-state index is 12.1. The number of benzene rings is 1. The zero-order chi connectivity index (χ0) is 20.4. The van der Waals surface area contributed by atoms with Gasteiger partial charge in [0, 0.05) is 11.1 Å². The van der Waals surface area contributed by atoms with Gasteiger partial charge in [0.15, 0.2) is 5.75 Å². The molecule has 0 saturated heterocycles. The summed E-state index contributed by atoms with van der Waals surface area (Å²) in [4.78, 5) is 37.5. The molecule has 2 heterocycles. The third-order valence-corrected chi connectivity index (χ3v) is 5.69. The van der Waals surface area contributed by atoms with Crippen LogP contribution < -0.4 is 27.3 Å². The summed E-state index contributed by atoms with van der Waals surface area (Å²) in [5, 5.41) is 10.3. The molecule has 2 atom stereocenters. The van der Waals surface area contributed by atoms with Crippen molar-refractivity contribution < 1.29 is 4.74 Å². The van der Waals surface area contributed by atoms with Gasteiger partial charge in [-0.1, -0.05) is 23.2 Å². The molecule has 0 radical (unpaired) electrons. The van der Waals surface area contributed by atoms with Gasteiger partial charge in [-0.15, -0.1) is 10.2 Å². The molecule has 3 aromatic rings. The number of hydrogen-bond donors (Lipinski definition) is 3. The van der Waals surface area contributed by atoms with Crippen LogP contribution in [0, 0.1) is 5.92 Å². The predicted octanol–water partition coefficient (Wildman–Crippen LogP) is 1.34. The molecule has 2 aliphatic rings. The highest BCUT2D eigenvalue weighted by atomic mass is 35.5. The lowest BCUT2D eigenvalue weighted by Gasteiger charge is -2.14. The van der Waals surface area contributed by atoms with Crippen molar-refractivity contribution in [1.82, 2.24) is 25.0 Å². The summed E-state index contributed by atoms with van der Waals surface area (Å²) in [6.45, 7) is 0. The van der Waals surface area contributed by atoms with Crippen LogP contribution in [0.3, 0.4) is 0 Å². The number of hydrogen-bond acceptors (Lipinski definition) is 7. The number of nitrogen functional groups attached to an aromatic ring is 1. The number of aromatic amines is 2. The highest BCUT2D eigenvalue weighted by Gasteiger charge is 2.48. The van der Waals surface area contributed by atoms with Gasteiger partial charge in [-0.2, -0.15) is 4.68 Å². The number of nitrogens with one attached hydrogen (secondary N) is 2. The number of ether oxygens (including phenoxy) is 1. The monoisotopic (exact) mass is 434 g/mol. The van der Waals surface area contributed by atoms with Gasteiger partial charge in [0.25, 0.3) is 11.1 Å². The van der Waals surface area contributed by atoms with Gasteiger partial charge >= 0.3 is 5.69 Å². The molecule has 1 saturated carbocycles. The lowest BCUT2D eigenvalue weighted by atomic mass is 10.1. The molecule has 0 spiro atoms. The normalized spacial score (nSPS) is 19.0. The van der Waals surface area contributed by atoms with E-state index in [0.717, 1.165) is 23.1 Å². The van der Waals surface area contributed by atoms with Crippen molar-refractivity contribution in [3.8, 4) is 17.3 Å². The highest BCUT2D eigenvalue weighted by Crippen LogP contribution is 2.56. The van der Waals surface area contributed by atoms with Crippen LogP contribution in [0.25, 0.3) is 5.69 Å². The van der Waals surface area contributed by atoms with Crippen LogP contribution >= 0.6 is 23.2 Å². The molecule has 4 N–H and O–H groups in total. The van der Waals surface area contributed by atoms with Crippen molar-refractivity contribution in [2.45, 2.75) is 18.8 Å². The molecule has 10 nitrogen and oxygen atoms in total. The molecule has 2 aromatic heterocycles. The second kappa shape index (κ2) is 6.19. The van der Waals surface area contributed by atoms with E-state index >= 15 is 0 Å². The smallest absolute Gasteiger partial charge is 0.349 e. The number of nitrogens with zero attached hydrogens (tertiary/aromatic N) is 3. The van der Waals surface area contributed by atoms with Crippen molar-refractivity contribution in [2.75, 3.05) is 5.73 Å². The summed E-state index contributed by atoms with van der Waals surface area (Å²) < 4.78 is 6.70. The van der Waals surface area contributed by atoms with E-state index in [1.807, 2.05) is 4.98 Å². The fraction of sp³-hybridized carbons (Fsp3) is 0.235. The number of aromatic nitrogens is 5. The number of halogens is 2. The number of fused-ring (bicyclic) bond motifs is 3. The Kier molecular flexibility index (Phi) is 3.83. The first-order valence-electron chi connectivity index (χ1n) is 8.61. The second-order valence-electron chi connectivity index (χ2n) is 6.95. The fourth-order valence-corrected chi connectivity index (χ4v) is 4.25. The third kappa shape index (κ3) is 2.83. The minimum atomic E-state index is -0.802. The quantitative estimate of drug-likeness (QED) is 0.562. The Morgan fingerprint density at radius 3 is 2.62 bits per heavy atom. The first kappa shape index (κ1) is 18.0. The number of H-pyrrole nitrogens is 2. The molecule has 0 amide bonds. The Morgan fingerprint density at radius 2 is 1.90 bits per heavy atom. The first-order chi connectivity index (χ1) is 13.8. The molecule has 1 fully saturated rings. The van der Waals surface area contributed by atoms with Gasteiger partial charge in [-0.3, -0.25) is 14.6 Å². The van der Waals surface area contributed by atoms with Crippen LogP contribution in [-0.4, -0.2) is 25.0 Å². The zero-order valence-corrected chi connectivity index (χ0v) is 16.0. The molecule has 148 valence electrons. The Hall–Kier alpha value is -3.11. The number of nitrogens with two attached hydrogens (primary N) is 1. The van der Waals surface area contributed by atoms with Gasteiger partial charge in [-0.05, 0) is 36.8 Å². The Labute approximate surface area is 171 Å². The lowest BCUT2D eigenvalue weighted by Crippen LogP contribution is -2.33. The molecule has 29 heavy (non-hydrogen) atoms. The number of rotatable bonds is 3. The van der Waals surface area contributed by atoms with E-state index in [0.29, 0.717) is 11.5 Å². The second-order valence-corrected chi connectivity index (χ2v) is 7.77. The topological polar surface area (TPSA) is 149 Å². The average molecular weight is 435 g/mol. The van der Waals surface area contributed by atoms with Gasteiger partial charge < -0.3 is 10.5 Å². The SMILES string of the molecule is Nc1nn(-c2cc(Cl)c(Oc3n[nH]c(=O)c4c3CC3CC43)c(Cl)c2)c(=O)[nH]c1=O. The van der Waals surface area contributed by atoms with Crippen molar-refractivity contribution in [1.29, 1.82) is 0 Å². The highest BCUT2D eigenvalue weighted by molar-refractivity contribution is 6.37. The molecular formula is C17H12Cl2N6O4. The minimum Gasteiger partial charge on any atom is -0.434 e. The molecule has 2 unspecified atom stereocenters. The molecule has 0 bridgehead atoms. The molecule has 1 aromatic carbocycles. The maximum Gasteiger partial charge on any atom is 0.349 e. The molecular weight excluding hydrogens is 423 g/mol. The van der Waals surface area contributed by atoms with E-state index in [4.69, 9.17) is 33.7 Å². The van der Waals surface area contributed by atoms with Crippen LogP contribution in [0.1, 0.15) is 23.5 Å². The lowest BCUT2D eigenvalue weighted by molar-refractivity contribution is 0.446. The van der Waals surface area contributed by atoms with E-state index in [-0.39, 0.29) is 44.7 Å². The van der Waals surface area contributed by atoms with Crippen molar-refractivity contribution in [2.24, 2.45) is 5.92 Å². The van der Waals surface area contributed by atoms with Crippen LogP contribution in [0.2, 0.25) is 10.0 Å². The van der Waals surface area contributed by atoms with Crippen LogP contribution in [0.4, 0.5) is 5.82 Å². The van der Waals surface area contributed by atoms with Crippen LogP contribution in [0.5, 0.6) is 11.6 Å². The van der Waals surface area contributed by atoms with Gasteiger partial charge in [0.1, 0.15) is 0 Å². The molecule has 5 rings (SSSR count). The largest absolute Gasteiger partial charge is 0.434 e. The van der Waals surface area contributed by atoms with Crippen LogP contribution in [0.15, 0.2) is 26.5 Å². The summed E-state index contributed by atoms with van der Waals surface area (Å²) >= 11 is 12.6. The van der Waals surface area contributed by atoms with E-state index in [2.05, 4.69) is 15.3 Å². The number of anilines is 1. The van der Waals surface area contributed by atoms with E-state index in [1.165, 1.54) is 12.1 Å². The van der Waals surface area contributed by atoms with Gasteiger partial charge in [0.05, 0.1) is 15.7 Å². The summed E-state index contributed by atoms with van der Waals surface area (Å²) in [7, 11) is 0. The Balaban J connectivity index is 1.56. The maximum absolute atomic E-state index is 12.1. The van der Waals surface area contributed by atoms with Crippen LogP contribution in [-0.2, 0) is 6.42 Å². The van der Waals surface area contributed by atoms with E-state index < -0.39 is 11.2 Å². The third-order valence-electron chi connectivity index (χ3n) is 5.13. The van der Waals surface area contributed by atoms with Crippen molar-refractivity contribution in [3.63, 3.8) is 0 Å². The molecule has 12 heteroatoms. The average Bonchev–Trinajstić information content (AvgIpc) is 3.32. The Bertz CT molecular complexity index is 1340. The zero-order valence-electron chi connectivity index (χ0n) is 14.5. The summed E-state index contributed by atoms with van der Waals surface area (Å²) in [5.41, 5.74) is 5.33. The fourth-order valence-electron chi connectivity index (χ4n) is 3.69.